The first-order chi connectivity index (χ1) is 11.2. The number of hydrogen-bond donors (Lipinski definition) is 1. The van der Waals surface area contributed by atoms with Gasteiger partial charge in [0.15, 0.2) is 11.4 Å². The van der Waals surface area contributed by atoms with E-state index in [9.17, 15) is 10.1 Å². The Bertz CT molecular complexity index is 797. The van der Waals surface area contributed by atoms with Crippen molar-refractivity contribution in [3.63, 3.8) is 0 Å². The number of piperidine rings is 1. The first-order valence-corrected chi connectivity index (χ1v) is 8.01. The van der Waals surface area contributed by atoms with Crippen molar-refractivity contribution in [2.24, 2.45) is 0 Å². The predicted octanol–water partition coefficient (Wildman–Crippen LogP) is 2.53. The maximum absolute atomic E-state index is 12.2. The highest BCUT2D eigenvalue weighted by atomic mass is 16.1. The van der Waals surface area contributed by atoms with Crippen LogP contribution in [0, 0.1) is 18.3 Å². The van der Waals surface area contributed by atoms with E-state index in [1.54, 1.807) is 0 Å². The van der Waals surface area contributed by atoms with Crippen molar-refractivity contribution in [1.29, 1.82) is 5.26 Å². The van der Waals surface area contributed by atoms with E-state index in [1.165, 1.54) is 12.0 Å². The molecule has 0 amide bonds. The van der Waals surface area contributed by atoms with Gasteiger partial charge in [0, 0.05) is 19.5 Å². The summed E-state index contributed by atoms with van der Waals surface area (Å²) in [6, 6.07) is 10.2. The number of hydrogen-bond acceptors (Lipinski definition) is 4. The van der Waals surface area contributed by atoms with Crippen LogP contribution in [-0.2, 0) is 6.42 Å². The number of rotatable bonds is 3. The molecule has 1 aromatic carbocycles. The van der Waals surface area contributed by atoms with Crippen molar-refractivity contribution < 1.29 is 0 Å². The number of H-pyrrole nitrogens is 1. The minimum atomic E-state index is -0.342. The molecule has 1 aliphatic rings. The van der Waals surface area contributed by atoms with E-state index in [0.29, 0.717) is 18.1 Å². The second-order valence-corrected chi connectivity index (χ2v) is 6.04. The second kappa shape index (κ2) is 6.66. The molecule has 1 N–H and O–H groups in total. The zero-order chi connectivity index (χ0) is 16.2. The standard InChI is InChI=1S/C18H20N4O/c1-13-6-5-7-14(10-13)11-16-20-17(15(12-19)18(23)21-16)22-8-3-2-4-9-22/h5-7,10H,2-4,8-9,11H2,1H3,(H,20,21,23). The fourth-order valence-corrected chi connectivity index (χ4v) is 3.04. The third-order valence-electron chi connectivity index (χ3n) is 4.17. The van der Waals surface area contributed by atoms with Gasteiger partial charge < -0.3 is 9.88 Å². The molecule has 1 saturated heterocycles. The highest BCUT2D eigenvalue weighted by molar-refractivity contribution is 5.53. The molecule has 23 heavy (non-hydrogen) atoms. The number of anilines is 1. The third-order valence-corrected chi connectivity index (χ3v) is 4.17. The van der Waals surface area contributed by atoms with Crippen LogP contribution in [0.25, 0.3) is 0 Å². The highest BCUT2D eigenvalue weighted by Crippen LogP contribution is 2.20. The molecule has 0 atom stereocenters. The molecule has 0 radical (unpaired) electrons. The number of nitriles is 1. The number of nitrogens with zero attached hydrogens (tertiary/aromatic N) is 3. The second-order valence-electron chi connectivity index (χ2n) is 6.04. The summed E-state index contributed by atoms with van der Waals surface area (Å²) in [5.41, 5.74) is 2.06. The zero-order valence-corrected chi connectivity index (χ0v) is 13.3. The molecule has 0 saturated carbocycles. The first kappa shape index (κ1) is 15.3. The molecule has 1 aliphatic heterocycles. The van der Waals surface area contributed by atoms with E-state index in [4.69, 9.17) is 0 Å². The first-order valence-electron chi connectivity index (χ1n) is 8.01. The summed E-state index contributed by atoms with van der Waals surface area (Å²) in [5.74, 6) is 1.15. The smallest absolute Gasteiger partial charge is 0.271 e. The average Bonchev–Trinajstić information content (AvgIpc) is 2.55. The van der Waals surface area contributed by atoms with Crippen molar-refractivity contribution in [3.8, 4) is 6.07 Å². The quantitative estimate of drug-likeness (QED) is 0.945. The third kappa shape index (κ3) is 3.42. The van der Waals surface area contributed by atoms with Crippen LogP contribution in [0.1, 0.15) is 41.8 Å². The topological polar surface area (TPSA) is 72.8 Å². The summed E-state index contributed by atoms with van der Waals surface area (Å²) >= 11 is 0. The molecule has 0 bridgehead atoms. The Kier molecular flexibility index (Phi) is 4.42. The molecule has 5 nitrogen and oxygen atoms in total. The Morgan fingerprint density at radius 1 is 1.30 bits per heavy atom. The molecule has 1 aromatic heterocycles. The van der Waals surface area contributed by atoms with Crippen LogP contribution < -0.4 is 10.5 Å². The number of nitrogens with one attached hydrogen (secondary N) is 1. The fraction of sp³-hybridized carbons (Fsp3) is 0.389. The van der Waals surface area contributed by atoms with Crippen molar-refractivity contribution in [2.45, 2.75) is 32.6 Å². The van der Waals surface area contributed by atoms with E-state index in [1.807, 2.05) is 31.2 Å². The monoisotopic (exact) mass is 308 g/mol. The van der Waals surface area contributed by atoms with Gasteiger partial charge in [-0.3, -0.25) is 4.79 Å². The van der Waals surface area contributed by atoms with E-state index < -0.39 is 0 Å². The normalized spacial score (nSPS) is 14.5. The van der Waals surface area contributed by atoms with Crippen molar-refractivity contribution in [1.82, 2.24) is 9.97 Å². The highest BCUT2D eigenvalue weighted by Gasteiger charge is 2.19. The minimum Gasteiger partial charge on any atom is -0.355 e. The molecule has 0 spiro atoms. The summed E-state index contributed by atoms with van der Waals surface area (Å²) < 4.78 is 0. The lowest BCUT2D eigenvalue weighted by atomic mass is 10.1. The van der Waals surface area contributed by atoms with Crippen molar-refractivity contribution in [2.75, 3.05) is 18.0 Å². The van der Waals surface area contributed by atoms with Crippen LogP contribution >= 0.6 is 0 Å². The van der Waals surface area contributed by atoms with Gasteiger partial charge in [0.05, 0.1) is 0 Å². The van der Waals surface area contributed by atoms with Crippen LogP contribution in [0.2, 0.25) is 0 Å². The summed E-state index contributed by atoms with van der Waals surface area (Å²) in [7, 11) is 0. The largest absolute Gasteiger partial charge is 0.355 e. The maximum atomic E-state index is 12.2. The van der Waals surface area contributed by atoms with Gasteiger partial charge in [-0.25, -0.2) is 4.98 Å². The van der Waals surface area contributed by atoms with Crippen LogP contribution in [0.3, 0.4) is 0 Å². The molecule has 2 heterocycles. The Morgan fingerprint density at radius 2 is 2.09 bits per heavy atom. The Morgan fingerprint density at radius 3 is 2.78 bits per heavy atom. The van der Waals surface area contributed by atoms with Gasteiger partial charge in [0.2, 0.25) is 0 Å². The Labute approximate surface area is 135 Å². The molecule has 0 aliphatic carbocycles. The number of aromatic nitrogens is 2. The van der Waals surface area contributed by atoms with Crippen molar-refractivity contribution in [3.05, 3.63) is 57.1 Å². The summed E-state index contributed by atoms with van der Waals surface area (Å²) in [4.78, 5) is 21.7. The Balaban J connectivity index is 1.97. The van der Waals surface area contributed by atoms with Gasteiger partial charge in [-0.1, -0.05) is 29.8 Å². The van der Waals surface area contributed by atoms with Crippen LogP contribution in [0.4, 0.5) is 5.82 Å². The summed E-state index contributed by atoms with van der Waals surface area (Å²) in [5, 5.41) is 9.31. The number of aryl methyl sites for hydroxylation is 1. The van der Waals surface area contributed by atoms with Gasteiger partial charge in [0.25, 0.3) is 5.56 Å². The molecular formula is C18H20N4O. The Hall–Kier alpha value is -2.61. The van der Waals surface area contributed by atoms with E-state index >= 15 is 0 Å². The molecule has 3 rings (SSSR count). The fourth-order valence-electron chi connectivity index (χ4n) is 3.04. The maximum Gasteiger partial charge on any atom is 0.271 e. The number of aromatic amines is 1. The summed E-state index contributed by atoms with van der Waals surface area (Å²) in [6.07, 6.45) is 3.90. The van der Waals surface area contributed by atoms with Gasteiger partial charge >= 0.3 is 0 Å². The molecule has 5 heteroatoms. The van der Waals surface area contributed by atoms with Gasteiger partial charge in [-0.2, -0.15) is 5.26 Å². The molecule has 2 aromatic rings. The van der Waals surface area contributed by atoms with Crippen molar-refractivity contribution >= 4 is 5.82 Å². The summed E-state index contributed by atoms with van der Waals surface area (Å²) in [6.45, 7) is 3.75. The lowest BCUT2D eigenvalue weighted by Crippen LogP contribution is -2.33. The zero-order valence-electron chi connectivity index (χ0n) is 13.3. The lowest BCUT2D eigenvalue weighted by Gasteiger charge is -2.28. The lowest BCUT2D eigenvalue weighted by molar-refractivity contribution is 0.571. The van der Waals surface area contributed by atoms with E-state index in [0.717, 1.165) is 31.5 Å². The van der Waals surface area contributed by atoms with Crippen LogP contribution in [-0.4, -0.2) is 23.1 Å². The van der Waals surface area contributed by atoms with Crippen LogP contribution in [0.15, 0.2) is 29.1 Å². The molecule has 0 unspecified atom stereocenters. The molecular weight excluding hydrogens is 288 g/mol. The van der Waals surface area contributed by atoms with Gasteiger partial charge in [-0.15, -0.1) is 0 Å². The van der Waals surface area contributed by atoms with E-state index in [2.05, 4.69) is 20.9 Å². The minimum absolute atomic E-state index is 0.125. The predicted molar refractivity (Wildman–Crippen MR) is 89.6 cm³/mol. The molecule has 1 fully saturated rings. The molecule has 118 valence electrons. The van der Waals surface area contributed by atoms with Crippen LogP contribution in [0.5, 0.6) is 0 Å². The SMILES string of the molecule is Cc1cccc(Cc2nc(N3CCCCC3)c(C#N)c(=O)[nH]2)c1. The van der Waals surface area contributed by atoms with Gasteiger partial charge in [-0.05, 0) is 31.7 Å². The number of benzene rings is 1. The average molecular weight is 308 g/mol. The van der Waals surface area contributed by atoms with Gasteiger partial charge in [0.1, 0.15) is 11.9 Å². The van der Waals surface area contributed by atoms with E-state index in [-0.39, 0.29) is 11.1 Å².